The van der Waals surface area contributed by atoms with Gasteiger partial charge in [0.25, 0.3) is 15.9 Å². The number of nitrogens with one attached hydrogen (secondary N) is 2. The lowest BCUT2D eigenvalue weighted by atomic mass is 9.98. The van der Waals surface area contributed by atoms with Crippen LogP contribution in [0.1, 0.15) is 35.9 Å². The van der Waals surface area contributed by atoms with Gasteiger partial charge in [0.15, 0.2) is 16.5 Å². The quantitative estimate of drug-likeness (QED) is 0.566. The lowest BCUT2D eigenvalue weighted by Gasteiger charge is -2.29. The summed E-state index contributed by atoms with van der Waals surface area (Å²) in [6, 6.07) is 4.71. The Hall–Kier alpha value is -3.12. The third kappa shape index (κ3) is 5.45. The fourth-order valence-corrected chi connectivity index (χ4v) is 5.01. The zero-order valence-corrected chi connectivity index (χ0v) is 19.9. The topological polar surface area (TPSA) is 132 Å². The molecule has 1 saturated heterocycles. The molecule has 180 valence electrons. The summed E-state index contributed by atoms with van der Waals surface area (Å²) in [5.41, 5.74) is 5.12. The molecule has 2 amide bonds. The molecule has 1 fully saturated rings. The molecule has 2 N–H and O–H groups in total. The number of aryl methyl sites for hydroxylation is 2. The van der Waals surface area contributed by atoms with Crippen LogP contribution in [-0.4, -0.2) is 60.9 Å². The standard InChI is InChI=1S/C21H29N5O6S/c1-5-32-17-7-6-16(12-18(17)31-4)21(28)24-23-20(27)15-8-10-26(11-9-15)33(29,30)19-13-25(3)14(2)22-19/h6-7,12-13,15H,5,8-11H2,1-4H3,(H,23,27)(H,24,28). The van der Waals surface area contributed by atoms with Crippen molar-refractivity contribution in [3.05, 3.63) is 35.8 Å². The SMILES string of the molecule is CCOc1ccc(C(=O)NNC(=O)C2CCN(S(=O)(=O)c3cn(C)c(C)n3)CC2)cc1OC. The van der Waals surface area contributed by atoms with Crippen LogP contribution in [0.5, 0.6) is 11.5 Å². The van der Waals surface area contributed by atoms with Crippen LogP contribution in [0.3, 0.4) is 0 Å². The van der Waals surface area contributed by atoms with E-state index in [1.807, 2.05) is 6.92 Å². The average molecular weight is 480 g/mol. The molecule has 11 nitrogen and oxygen atoms in total. The van der Waals surface area contributed by atoms with Crippen LogP contribution >= 0.6 is 0 Å². The first-order valence-electron chi connectivity index (χ1n) is 10.6. The van der Waals surface area contributed by atoms with E-state index in [-0.39, 0.29) is 24.0 Å². The van der Waals surface area contributed by atoms with E-state index in [0.717, 1.165) is 0 Å². The second-order valence-corrected chi connectivity index (χ2v) is 9.54. The van der Waals surface area contributed by atoms with E-state index < -0.39 is 21.8 Å². The minimum absolute atomic E-state index is 0.00319. The zero-order chi connectivity index (χ0) is 24.2. The maximum Gasteiger partial charge on any atom is 0.269 e. The first kappa shape index (κ1) is 24.5. The number of methoxy groups -OCH3 is 1. The van der Waals surface area contributed by atoms with Gasteiger partial charge in [-0.05, 0) is 44.9 Å². The number of aromatic nitrogens is 2. The first-order valence-corrected chi connectivity index (χ1v) is 12.0. The van der Waals surface area contributed by atoms with Crippen LogP contribution in [0.2, 0.25) is 0 Å². The highest BCUT2D eigenvalue weighted by Crippen LogP contribution is 2.28. The monoisotopic (exact) mass is 479 g/mol. The van der Waals surface area contributed by atoms with Crippen LogP contribution in [0, 0.1) is 12.8 Å². The van der Waals surface area contributed by atoms with E-state index in [2.05, 4.69) is 15.8 Å². The van der Waals surface area contributed by atoms with Crippen molar-refractivity contribution in [1.82, 2.24) is 24.7 Å². The molecule has 33 heavy (non-hydrogen) atoms. The van der Waals surface area contributed by atoms with Gasteiger partial charge in [0.1, 0.15) is 5.82 Å². The Kier molecular flexibility index (Phi) is 7.59. The normalized spacial score (nSPS) is 15.2. The van der Waals surface area contributed by atoms with Crippen molar-refractivity contribution in [2.45, 2.75) is 31.7 Å². The van der Waals surface area contributed by atoms with Gasteiger partial charge in [0.2, 0.25) is 5.91 Å². The number of sulfonamides is 1. The number of hydrogen-bond acceptors (Lipinski definition) is 7. The van der Waals surface area contributed by atoms with Gasteiger partial charge in [-0.25, -0.2) is 13.4 Å². The van der Waals surface area contributed by atoms with Gasteiger partial charge in [-0.3, -0.25) is 20.4 Å². The lowest BCUT2D eigenvalue weighted by molar-refractivity contribution is -0.126. The molecule has 0 atom stereocenters. The molecule has 12 heteroatoms. The van der Waals surface area contributed by atoms with Crippen molar-refractivity contribution in [3.63, 3.8) is 0 Å². The number of amides is 2. The summed E-state index contributed by atoms with van der Waals surface area (Å²) in [6.45, 7) is 4.42. The molecule has 1 aliphatic heterocycles. The van der Waals surface area contributed by atoms with Gasteiger partial charge in [-0.1, -0.05) is 0 Å². The van der Waals surface area contributed by atoms with Crippen molar-refractivity contribution < 1.29 is 27.5 Å². The number of piperidine rings is 1. The summed E-state index contributed by atoms with van der Waals surface area (Å²) in [6.07, 6.45) is 2.15. The molecule has 1 aromatic carbocycles. The summed E-state index contributed by atoms with van der Waals surface area (Å²) in [7, 11) is -0.504. The van der Waals surface area contributed by atoms with Crippen LogP contribution in [0.15, 0.2) is 29.4 Å². The van der Waals surface area contributed by atoms with Crippen molar-refractivity contribution in [2.24, 2.45) is 13.0 Å². The Balaban J connectivity index is 1.53. The smallest absolute Gasteiger partial charge is 0.269 e. The summed E-state index contributed by atoms with van der Waals surface area (Å²) in [4.78, 5) is 29.0. The largest absolute Gasteiger partial charge is 0.493 e. The number of nitrogens with zero attached hydrogens (tertiary/aromatic N) is 3. The van der Waals surface area contributed by atoms with E-state index in [4.69, 9.17) is 9.47 Å². The average Bonchev–Trinajstić information content (AvgIpc) is 3.16. The van der Waals surface area contributed by atoms with Gasteiger partial charge in [0.05, 0.1) is 13.7 Å². The van der Waals surface area contributed by atoms with Crippen molar-refractivity contribution >= 4 is 21.8 Å². The fraction of sp³-hybridized carbons (Fsp3) is 0.476. The highest BCUT2D eigenvalue weighted by molar-refractivity contribution is 7.89. The van der Waals surface area contributed by atoms with Crippen molar-refractivity contribution in [1.29, 1.82) is 0 Å². The van der Waals surface area contributed by atoms with Crippen LogP contribution in [-0.2, 0) is 21.9 Å². The maximum absolute atomic E-state index is 12.8. The van der Waals surface area contributed by atoms with Gasteiger partial charge in [-0.2, -0.15) is 4.31 Å². The molecule has 0 spiro atoms. The molecule has 0 unspecified atom stereocenters. The Labute approximate surface area is 193 Å². The lowest BCUT2D eigenvalue weighted by Crippen LogP contribution is -2.48. The number of carbonyl (C=O) groups excluding carboxylic acids is 2. The van der Waals surface area contributed by atoms with Gasteiger partial charge in [0, 0.05) is 37.8 Å². The van der Waals surface area contributed by atoms with Crippen molar-refractivity contribution in [3.8, 4) is 11.5 Å². The van der Waals surface area contributed by atoms with Crippen LogP contribution < -0.4 is 20.3 Å². The van der Waals surface area contributed by atoms with Crippen LogP contribution in [0.4, 0.5) is 0 Å². The minimum atomic E-state index is -3.71. The Morgan fingerprint density at radius 3 is 2.45 bits per heavy atom. The third-order valence-corrected chi connectivity index (χ3v) is 7.31. The van der Waals surface area contributed by atoms with E-state index in [0.29, 0.717) is 42.3 Å². The Morgan fingerprint density at radius 2 is 1.88 bits per heavy atom. The maximum atomic E-state index is 12.8. The molecule has 0 bridgehead atoms. The number of rotatable bonds is 7. The van der Waals surface area contributed by atoms with Gasteiger partial charge >= 0.3 is 0 Å². The number of imidazole rings is 1. The molecular formula is C21H29N5O6S. The predicted molar refractivity (Wildman–Crippen MR) is 119 cm³/mol. The summed E-state index contributed by atoms with van der Waals surface area (Å²) >= 11 is 0. The molecule has 3 rings (SSSR count). The number of ether oxygens (including phenoxy) is 2. The molecule has 2 aromatic rings. The van der Waals surface area contributed by atoms with E-state index in [1.165, 1.54) is 23.7 Å². The number of hydrazine groups is 1. The first-order chi connectivity index (χ1) is 15.7. The van der Waals surface area contributed by atoms with Crippen LogP contribution in [0.25, 0.3) is 0 Å². The molecule has 0 saturated carbocycles. The Bertz CT molecular complexity index is 1100. The van der Waals surface area contributed by atoms with Crippen molar-refractivity contribution in [2.75, 3.05) is 26.8 Å². The summed E-state index contributed by atoms with van der Waals surface area (Å²) in [5.74, 6) is 0.235. The second kappa shape index (κ2) is 10.2. The zero-order valence-electron chi connectivity index (χ0n) is 19.1. The molecule has 0 aliphatic carbocycles. The van der Waals surface area contributed by atoms with E-state index >= 15 is 0 Å². The third-order valence-electron chi connectivity index (χ3n) is 5.54. The van der Waals surface area contributed by atoms with Gasteiger partial charge in [-0.15, -0.1) is 0 Å². The van der Waals surface area contributed by atoms with E-state index in [9.17, 15) is 18.0 Å². The van der Waals surface area contributed by atoms with Gasteiger partial charge < -0.3 is 14.0 Å². The summed E-state index contributed by atoms with van der Waals surface area (Å²) < 4.78 is 39.2. The molecule has 1 aromatic heterocycles. The second-order valence-electron chi connectivity index (χ2n) is 7.66. The highest BCUT2D eigenvalue weighted by Gasteiger charge is 2.33. The minimum Gasteiger partial charge on any atom is -0.493 e. The molecule has 1 aliphatic rings. The Morgan fingerprint density at radius 1 is 1.18 bits per heavy atom. The highest BCUT2D eigenvalue weighted by atomic mass is 32.2. The number of hydrogen-bond donors (Lipinski definition) is 2. The molecular weight excluding hydrogens is 450 g/mol. The molecule has 2 heterocycles. The number of carbonyl (C=O) groups is 2. The predicted octanol–water partition coefficient (Wildman–Crippen LogP) is 0.998. The molecule has 0 radical (unpaired) electrons. The summed E-state index contributed by atoms with van der Waals surface area (Å²) in [5, 5.41) is 0.00319. The number of benzene rings is 1. The van der Waals surface area contributed by atoms with E-state index in [1.54, 1.807) is 30.7 Å². The fourth-order valence-electron chi connectivity index (χ4n) is 3.52.